The van der Waals surface area contributed by atoms with Crippen LogP contribution in [0.5, 0.6) is 0 Å². The summed E-state index contributed by atoms with van der Waals surface area (Å²) in [5.41, 5.74) is 5.82. The van der Waals surface area contributed by atoms with E-state index in [2.05, 4.69) is 55.3 Å². The minimum absolute atomic E-state index is 0.108. The Hall–Kier alpha value is -2.92. The number of nitrogens with one attached hydrogen (secondary N) is 1. The number of aryl methyl sites for hydroxylation is 1. The Morgan fingerprint density at radius 3 is 2.30 bits per heavy atom. The van der Waals surface area contributed by atoms with Crippen molar-refractivity contribution in [1.82, 2.24) is 9.99 Å². The molecule has 134 valence electrons. The first-order chi connectivity index (χ1) is 13.2. The highest BCUT2D eigenvalue weighted by atomic mass is 79.9. The van der Waals surface area contributed by atoms with Gasteiger partial charge < -0.3 is 4.57 Å². The molecule has 3 aromatic carbocycles. The van der Waals surface area contributed by atoms with E-state index < -0.39 is 0 Å². The van der Waals surface area contributed by atoms with E-state index >= 15 is 0 Å². The van der Waals surface area contributed by atoms with Gasteiger partial charge in [0.25, 0.3) is 0 Å². The fraction of sp³-hybridized carbons (Fsp3) is 0.0909. The normalized spacial score (nSPS) is 11.4. The molecule has 0 saturated heterocycles. The van der Waals surface area contributed by atoms with Crippen molar-refractivity contribution in [3.63, 3.8) is 0 Å². The molecule has 1 N–H and O–H groups in total. The van der Waals surface area contributed by atoms with Crippen LogP contribution in [-0.4, -0.2) is 16.7 Å². The zero-order valence-corrected chi connectivity index (χ0v) is 16.2. The van der Waals surface area contributed by atoms with E-state index in [4.69, 9.17) is 0 Å². The average molecular weight is 420 g/mol. The van der Waals surface area contributed by atoms with Gasteiger partial charge in [0.2, 0.25) is 5.91 Å². The number of carbonyl (C=O) groups is 1. The van der Waals surface area contributed by atoms with Crippen LogP contribution in [0.4, 0.5) is 0 Å². The van der Waals surface area contributed by atoms with E-state index in [1.807, 2.05) is 48.5 Å². The van der Waals surface area contributed by atoms with Gasteiger partial charge >= 0.3 is 0 Å². The third-order valence-electron chi connectivity index (χ3n) is 4.49. The first kappa shape index (κ1) is 17.5. The molecule has 0 fully saturated rings. The van der Waals surface area contributed by atoms with Crippen molar-refractivity contribution in [2.75, 3.05) is 0 Å². The molecule has 0 saturated carbocycles. The lowest BCUT2D eigenvalue weighted by Gasteiger charge is -2.06. The van der Waals surface area contributed by atoms with Gasteiger partial charge in [-0.2, -0.15) is 5.10 Å². The Balaban J connectivity index is 1.47. The standard InChI is InChI=1S/C22H18BrN3O/c23-17-7-5-6-16(14-17)15-24-25-22(27)12-13-26-20-10-3-1-8-18(20)19-9-2-4-11-21(19)26/h1-11,14-15H,12-13H2,(H,25,27)/b24-15+. The number of nitrogens with zero attached hydrogens (tertiary/aromatic N) is 2. The Labute approximate surface area is 165 Å². The van der Waals surface area contributed by atoms with E-state index in [9.17, 15) is 4.79 Å². The summed E-state index contributed by atoms with van der Waals surface area (Å²) >= 11 is 3.42. The van der Waals surface area contributed by atoms with Gasteiger partial charge in [0.05, 0.1) is 6.21 Å². The van der Waals surface area contributed by atoms with Crippen LogP contribution in [0, 0.1) is 0 Å². The largest absolute Gasteiger partial charge is 0.340 e. The lowest BCUT2D eigenvalue weighted by Crippen LogP contribution is -2.19. The molecule has 0 spiro atoms. The number of hydrogen-bond donors (Lipinski definition) is 1. The lowest BCUT2D eigenvalue weighted by molar-refractivity contribution is -0.121. The summed E-state index contributed by atoms with van der Waals surface area (Å²) in [5, 5.41) is 6.47. The van der Waals surface area contributed by atoms with E-state index in [0.717, 1.165) is 21.1 Å². The Bertz CT molecular complexity index is 1090. The number of fused-ring (bicyclic) bond motifs is 3. The van der Waals surface area contributed by atoms with Gasteiger partial charge in [-0.1, -0.05) is 64.5 Å². The number of carbonyl (C=O) groups excluding carboxylic acids is 1. The number of hydrazone groups is 1. The highest BCUT2D eigenvalue weighted by Crippen LogP contribution is 2.28. The Kier molecular flexibility index (Phi) is 5.03. The van der Waals surface area contributed by atoms with Gasteiger partial charge in [-0.15, -0.1) is 0 Å². The maximum Gasteiger partial charge on any atom is 0.241 e. The van der Waals surface area contributed by atoms with Crippen molar-refractivity contribution in [1.29, 1.82) is 0 Å². The topological polar surface area (TPSA) is 46.4 Å². The van der Waals surface area contributed by atoms with Crippen molar-refractivity contribution in [2.24, 2.45) is 5.10 Å². The SMILES string of the molecule is O=C(CCn1c2ccccc2c2ccccc21)N/N=C/c1cccc(Br)c1. The zero-order valence-electron chi connectivity index (χ0n) is 14.6. The summed E-state index contributed by atoms with van der Waals surface area (Å²) in [6, 6.07) is 24.3. The van der Waals surface area contributed by atoms with Crippen LogP contribution in [-0.2, 0) is 11.3 Å². The number of benzene rings is 3. The molecule has 0 unspecified atom stereocenters. The molecule has 0 aliphatic rings. The summed E-state index contributed by atoms with van der Waals surface area (Å²) in [6.07, 6.45) is 2.00. The van der Waals surface area contributed by atoms with Crippen molar-refractivity contribution >= 4 is 49.9 Å². The molecule has 0 bridgehead atoms. The second kappa shape index (κ2) is 7.76. The molecule has 1 amide bonds. The van der Waals surface area contributed by atoms with Gasteiger partial charge in [0.15, 0.2) is 0 Å². The Morgan fingerprint density at radius 2 is 1.63 bits per heavy atom. The lowest BCUT2D eigenvalue weighted by atomic mass is 10.2. The zero-order chi connectivity index (χ0) is 18.6. The fourth-order valence-corrected chi connectivity index (χ4v) is 3.70. The van der Waals surface area contributed by atoms with Crippen LogP contribution in [0.3, 0.4) is 0 Å². The van der Waals surface area contributed by atoms with Crippen LogP contribution >= 0.6 is 15.9 Å². The van der Waals surface area contributed by atoms with E-state index in [1.165, 1.54) is 10.8 Å². The fourth-order valence-electron chi connectivity index (χ4n) is 3.28. The van der Waals surface area contributed by atoms with Crippen LogP contribution in [0.1, 0.15) is 12.0 Å². The molecule has 0 atom stereocenters. The average Bonchev–Trinajstić information content (AvgIpc) is 3.00. The number of aromatic nitrogens is 1. The summed E-state index contributed by atoms with van der Waals surface area (Å²) < 4.78 is 3.17. The van der Waals surface area contributed by atoms with E-state index in [-0.39, 0.29) is 5.91 Å². The summed E-state index contributed by atoms with van der Waals surface area (Å²) in [7, 11) is 0. The van der Waals surface area contributed by atoms with Gasteiger partial charge in [0.1, 0.15) is 0 Å². The predicted molar refractivity (Wildman–Crippen MR) is 114 cm³/mol. The molecular formula is C22H18BrN3O. The summed E-state index contributed by atoms with van der Waals surface area (Å²) in [4.78, 5) is 12.2. The second-order valence-electron chi connectivity index (χ2n) is 6.28. The Morgan fingerprint density at radius 1 is 0.963 bits per heavy atom. The van der Waals surface area contributed by atoms with Gasteiger partial charge in [0, 0.05) is 39.2 Å². The first-order valence-electron chi connectivity index (χ1n) is 8.76. The van der Waals surface area contributed by atoms with E-state index in [1.54, 1.807) is 6.21 Å². The van der Waals surface area contributed by atoms with Crippen LogP contribution in [0.2, 0.25) is 0 Å². The van der Waals surface area contributed by atoms with Crippen molar-refractivity contribution in [3.8, 4) is 0 Å². The molecule has 0 radical (unpaired) electrons. The third kappa shape index (κ3) is 3.78. The number of rotatable bonds is 5. The van der Waals surface area contributed by atoms with Crippen molar-refractivity contribution in [2.45, 2.75) is 13.0 Å². The molecule has 0 aliphatic carbocycles. The smallest absolute Gasteiger partial charge is 0.241 e. The summed E-state index contributed by atoms with van der Waals surface area (Å²) in [6.45, 7) is 0.603. The number of hydrogen-bond acceptors (Lipinski definition) is 2. The monoisotopic (exact) mass is 419 g/mol. The number of halogens is 1. The van der Waals surface area contributed by atoms with Crippen LogP contribution in [0.15, 0.2) is 82.4 Å². The number of amides is 1. The van der Waals surface area contributed by atoms with Crippen LogP contribution < -0.4 is 5.43 Å². The van der Waals surface area contributed by atoms with E-state index in [0.29, 0.717) is 13.0 Å². The number of para-hydroxylation sites is 2. The molecule has 1 aromatic heterocycles. The highest BCUT2D eigenvalue weighted by Gasteiger charge is 2.10. The maximum absolute atomic E-state index is 12.2. The van der Waals surface area contributed by atoms with Crippen LogP contribution in [0.25, 0.3) is 21.8 Å². The predicted octanol–water partition coefficient (Wildman–Crippen LogP) is 5.10. The molecule has 0 aliphatic heterocycles. The van der Waals surface area contributed by atoms with Gasteiger partial charge in [-0.25, -0.2) is 5.43 Å². The molecule has 4 nitrogen and oxygen atoms in total. The van der Waals surface area contributed by atoms with Gasteiger partial charge in [-0.05, 0) is 29.8 Å². The quantitative estimate of drug-likeness (QED) is 0.355. The molecule has 4 rings (SSSR count). The molecule has 1 heterocycles. The molecule has 4 aromatic rings. The molecule has 5 heteroatoms. The highest BCUT2D eigenvalue weighted by molar-refractivity contribution is 9.10. The molecule has 27 heavy (non-hydrogen) atoms. The molecular weight excluding hydrogens is 402 g/mol. The van der Waals surface area contributed by atoms with Crippen molar-refractivity contribution < 1.29 is 4.79 Å². The minimum atomic E-state index is -0.108. The van der Waals surface area contributed by atoms with Gasteiger partial charge in [-0.3, -0.25) is 4.79 Å². The first-order valence-corrected chi connectivity index (χ1v) is 9.55. The minimum Gasteiger partial charge on any atom is -0.340 e. The summed E-state index contributed by atoms with van der Waals surface area (Å²) in [5.74, 6) is -0.108. The third-order valence-corrected chi connectivity index (χ3v) is 4.99. The van der Waals surface area contributed by atoms with Crippen molar-refractivity contribution in [3.05, 3.63) is 82.8 Å². The second-order valence-corrected chi connectivity index (χ2v) is 7.20. The maximum atomic E-state index is 12.2.